The van der Waals surface area contributed by atoms with Gasteiger partial charge in [0, 0.05) is 10.8 Å². The number of hydrogen-bond donors (Lipinski definition) is 0. The lowest BCUT2D eigenvalue weighted by atomic mass is 9.36. The van der Waals surface area contributed by atoms with Crippen LogP contribution in [0.4, 0.5) is 0 Å². The first-order valence-corrected chi connectivity index (χ1v) is 13.0. The lowest BCUT2D eigenvalue weighted by Gasteiger charge is -2.66. The van der Waals surface area contributed by atoms with E-state index in [0.29, 0.717) is 0 Å². The fourth-order valence-corrected chi connectivity index (χ4v) is 7.73. The molecule has 2 atom stereocenters. The fraction of sp³-hybridized carbons (Fsp3) is 0.353. The van der Waals surface area contributed by atoms with Gasteiger partial charge < -0.3 is 0 Å². The second kappa shape index (κ2) is 7.97. The minimum atomic E-state index is -0.108. The maximum atomic E-state index is 2.45. The molecular weight excluding hydrogens is 408 g/mol. The molecule has 4 saturated carbocycles. The van der Waals surface area contributed by atoms with Crippen molar-refractivity contribution in [2.24, 2.45) is 10.8 Å². The Morgan fingerprint density at radius 1 is 0.441 bits per heavy atom. The van der Waals surface area contributed by atoms with Gasteiger partial charge in [0.05, 0.1) is 0 Å². The molecule has 0 bridgehead atoms. The van der Waals surface area contributed by atoms with Crippen LogP contribution in [0.15, 0.2) is 60.7 Å². The highest BCUT2D eigenvalue weighted by atomic mass is 14.7. The lowest BCUT2D eigenvalue weighted by molar-refractivity contribution is 0.109. The fourth-order valence-electron chi connectivity index (χ4n) is 7.73. The van der Waals surface area contributed by atoms with Crippen molar-refractivity contribution in [3.05, 3.63) is 134 Å². The molecule has 0 saturated heterocycles. The molecule has 2 aromatic carbocycles. The van der Waals surface area contributed by atoms with Crippen LogP contribution in [0.3, 0.4) is 0 Å². The second-order valence-electron chi connectivity index (χ2n) is 12.0. The molecule has 6 rings (SSSR count). The average Bonchev–Trinajstić information content (AvgIpc) is 3.54. The molecule has 0 heterocycles. The molecule has 0 N–H and O–H groups in total. The molecule has 10 radical (unpaired) electrons. The molecule has 4 aliphatic carbocycles. The van der Waals surface area contributed by atoms with Crippen LogP contribution < -0.4 is 0 Å². The van der Waals surface area contributed by atoms with Crippen molar-refractivity contribution >= 4 is 0 Å². The summed E-state index contributed by atoms with van der Waals surface area (Å²) < 4.78 is 0. The predicted octanol–water partition coefficient (Wildman–Crippen LogP) is 8.05. The lowest BCUT2D eigenvalue weighted by Crippen LogP contribution is -2.63. The Labute approximate surface area is 208 Å². The number of rotatable bonds is 3. The van der Waals surface area contributed by atoms with E-state index in [1.54, 1.807) is 11.8 Å². The van der Waals surface area contributed by atoms with Gasteiger partial charge in [-0.15, -0.1) is 0 Å². The van der Waals surface area contributed by atoms with Crippen molar-refractivity contribution in [1.82, 2.24) is 0 Å². The van der Waals surface area contributed by atoms with Gasteiger partial charge in [-0.1, -0.05) is 88.4 Å². The molecule has 0 amide bonds. The van der Waals surface area contributed by atoms with E-state index < -0.39 is 0 Å². The Hall–Kier alpha value is -1.56. The van der Waals surface area contributed by atoms with E-state index in [1.165, 1.54) is 35.8 Å². The summed E-state index contributed by atoms with van der Waals surface area (Å²) >= 11 is 0. The van der Waals surface area contributed by atoms with Crippen LogP contribution >= 0.6 is 0 Å². The second-order valence-corrected chi connectivity index (χ2v) is 12.0. The van der Waals surface area contributed by atoms with Crippen LogP contribution in [0.5, 0.6) is 0 Å². The highest BCUT2D eigenvalue weighted by molar-refractivity contribution is 5.68. The largest absolute Gasteiger partial charge is 0.0622 e. The van der Waals surface area contributed by atoms with E-state index >= 15 is 0 Å². The summed E-state index contributed by atoms with van der Waals surface area (Å²) in [7, 11) is 0. The first-order valence-electron chi connectivity index (χ1n) is 13.0. The van der Waals surface area contributed by atoms with E-state index in [4.69, 9.17) is 0 Å². The highest BCUT2D eigenvalue weighted by Crippen LogP contribution is 2.74. The Balaban J connectivity index is 1.65. The van der Waals surface area contributed by atoms with Crippen LogP contribution in [0.25, 0.3) is 0 Å². The van der Waals surface area contributed by atoms with E-state index in [9.17, 15) is 0 Å². The molecule has 34 heavy (non-hydrogen) atoms. The first kappa shape index (κ1) is 22.9. The monoisotopic (exact) mass is 444 g/mol. The maximum Gasteiger partial charge on any atom is 0.0127 e. The summed E-state index contributed by atoms with van der Waals surface area (Å²) in [6.07, 6.45) is 19.0. The third-order valence-electron chi connectivity index (χ3n) is 9.52. The molecular formula is C34H36. The Morgan fingerprint density at radius 2 is 0.794 bits per heavy atom. The van der Waals surface area contributed by atoms with Crippen LogP contribution in [0.2, 0.25) is 0 Å². The topological polar surface area (TPSA) is 0 Å². The molecule has 2 unspecified atom stereocenters. The van der Waals surface area contributed by atoms with Gasteiger partial charge in [0.25, 0.3) is 0 Å². The third-order valence-corrected chi connectivity index (χ3v) is 9.52. The zero-order valence-electron chi connectivity index (χ0n) is 21.1. The molecule has 0 spiro atoms. The summed E-state index contributed by atoms with van der Waals surface area (Å²) in [5.41, 5.74) is 3.10. The van der Waals surface area contributed by atoms with Gasteiger partial charge in [-0.3, -0.25) is 0 Å². The van der Waals surface area contributed by atoms with Gasteiger partial charge in [0.15, 0.2) is 0 Å². The summed E-state index contributed by atoms with van der Waals surface area (Å²) in [4.78, 5) is 0. The highest BCUT2D eigenvalue weighted by Gasteiger charge is 2.69. The summed E-state index contributed by atoms with van der Waals surface area (Å²) in [6.45, 7) is 9.75. The van der Waals surface area contributed by atoms with E-state index in [2.05, 4.69) is 127 Å². The molecule has 4 aliphatic rings. The van der Waals surface area contributed by atoms with Crippen molar-refractivity contribution in [1.29, 1.82) is 0 Å². The van der Waals surface area contributed by atoms with Crippen molar-refractivity contribution < 1.29 is 0 Å². The van der Waals surface area contributed by atoms with Crippen molar-refractivity contribution in [3.63, 3.8) is 0 Å². The smallest absolute Gasteiger partial charge is 0.0127 e. The Kier molecular flexibility index (Phi) is 5.37. The average molecular weight is 445 g/mol. The van der Waals surface area contributed by atoms with Crippen molar-refractivity contribution in [2.45, 2.75) is 64.2 Å². The van der Waals surface area contributed by atoms with Gasteiger partial charge in [-0.2, -0.15) is 0 Å². The van der Waals surface area contributed by atoms with Crippen molar-refractivity contribution in [2.75, 3.05) is 0 Å². The minimum absolute atomic E-state index is 0.108. The van der Waals surface area contributed by atoms with Crippen LogP contribution in [0.1, 0.15) is 64.5 Å². The molecule has 172 valence electrons. The van der Waals surface area contributed by atoms with Gasteiger partial charge >= 0.3 is 0 Å². The zero-order valence-corrected chi connectivity index (χ0v) is 21.1. The van der Waals surface area contributed by atoms with E-state index in [0.717, 1.165) is 12.8 Å². The molecule has 0 heteroatoms. The summed E-state index contributed by atoms with van der Waals surface area (Å²) in [5, 5.41) is 0. The zero-order chi connectivity index (χ0) is 23.6. The predicted molar refractivity (Wildman–Crippen MR) is 141 cm³/mol. The number of hydrogen-bond acceptors (Lipinski definition) is 0. The SMILES string of the molecule is CC1(C)CCC(c2ccccc2)(C2(c3ccccc3)CCC(C)(C)[C]3[CH][CH][CH][C]32)[C]2[CH][CH][CH][C]21. The summed E-state index contributed by atoms with van der Waals surface area (Å²) in [5.74, 6) is 6.17. The van der Waals surface area contributed by atoms with Gasteiger partial charge in [-0.05, 0) is 110 Å². The molecule has 0 aromatic heterocycles. The first-order chi connectivity index (χ1) is 16.3. The van der Waals surface area contributed by atoms with Crippen molar-refractivity contribution in [3.8, 4) is 0 Å². The summed E-state index contributed by atoms with van der Waals surface area (Å²) in [6, 6.07) is 22.9. The van der Waals surface area contributed by atoms with Crippen LogP contribution in [-0.4, -0.2) is 0 Å². The number of benzene rings is 2. The maximum absolute atomic E-state index is 2.45. The molecule has 4 fully saturated rings. The third kappa shape index (κ3) is 3.02. The normalized spacial score (nSPS) is 34.1. The number of fused-ring (bicyclic) bond motifs is 2. The van der Waals surface area contributed by atoms with Crippen LogP contribution in [-0.2, 0) is 10.8 Å². The van der Waals surface area contributed by atoms with E-state index in [1.807, 2.05) is 0 Å². The standard InChI is InChI=1S/C34H36/c1-31(2)21-23-33(25-13-7-5-8-14-25,29-19-11-17-27(29)31)34(26-15-9-6-10-16-26)24-22-32(3,4)28-18-12-20-30(28)34/h5-20H,21-24H2,1-4H3. The minimum Gasteiger partial charge on any atom is -0.0622 e. The quantitative estimate of drug-likeness (QED) is 0.449. The van der Waals surface area contributed by atoms with E-state index in [-0.39, 0.29) is 21.7 Å². The van der Waals surface area contributed by atoms with Gasteiger partial charge in [0.1, 0.15) is 0 Å². The molecule has 2 aromatic rings. The Bertz CT molecular complexity index is 917. The van der Waals surface area contributed by atoms with Gasteiger partial charge in [-0.25, -0.2) is 0 Å². The Morgan fingerprint density at radius 3 is 1.18 bits per heavy atom. The van der Waals surface area contributed by atoms with Gasteiger partial charge in [0.2, 0.25) is 0 Å². The molecule has 0 nitrogen and oxygen atoms in total. The van der Waals surface area contributed by atoms with Crippen LogP contribution in [0, 0.1) is 73.0 Å². The molecule has 0 aliphatic heterocycles.